The van der Waals surface area contributed by atoms with E-state index in [4.69, 9.17) is 12.2 Å². The Morgan fingerprint density at radius 2 is 1.38 bits per heavy atom. The Morgan fingerprint density at radius 3 is 1.96 bits per heavy atom. The minimum absolute atomic E-state index is 0.0287. The van der Waals surface area contributed by atoms with Crippen molar-refractivity contribution in [1.29, 1.82) is 0 Å². The van der Waals surface area contributed by atoms with Crippen LogP contribution in [-0.4, -0.2) is 122 Å². The molecule has 4 aliphatic rings. The Labute approximate surface area is 425 Å². The van der Waals surface area contributed by atoms with Gasteiger partial charge in [0, 0.05) is 101 Å². The number of halogens is 1. The number of fused-ring (bicyclic) bond motifs is 5. The SMILES string of the molecule is C[C@H]1C[C@@H]2[C@H]3CCC4=CC(=O)C=C[C@@]4(C)[C@]3(F)[C@H](O)C[C@@]2(C)[C@]1(O)C(=O)CSCCNC(=S)NCCNC(=O)c1cc(NC(=O)c2cc(NC(=O)c3cc(NC(=O)c4nccn4C)cn3C)cn2C)cn1C. The fourth-order valence-corrected chi connectivity index (χ4v) is 12.9. The summed E-state index contributed by atoms with van der Waals surface area (Å²) in [5.74, 6) is -2.91. The summed E-state index contributed by atoms with van der Waals surface area (Å²) in [6, 6.07) is 4.59. The van der Waals surface area contributed by atoms with Crippen molar-refractivity contribution in [1.82, 2.24) is 39.2 Å². The molecular formula is C50H62FN11O8S2. The van der Waals surface area contributed by atoms with Crippen molar-refractivity contribution in [2.75, 3.05) is 47.1 Å². The van der Waals surface area contributed by atoms with Crippen LogP contribution in [0.15, 0.2) is 73.0 Å². The molecule has 384 valence electrons. The Bertz CT molecular complexity index is 2920. The normalized spacial score (nSPS) is 27.2. The number of hydrogen-bond donors (Lipinski definition) is 8. The molecule has 3 fully saturated rings. The molecule has 4 heterocycles. The van der Waals surface area contributed by atoms with Crippen LogP contribution in [0.3, 0.4) is 0 Å². The predicted octanol–water partition coefficient (Wildman–Crippen LogP) is 4.04. The second-order valence-electron chi connectivity index (χ2n) is 20.0. The van der Waals surface area contributed by atoms with Crippen molar-refractivity contribution in [2.24, 2.45) is 56.8 Å². The number of imidazole rings is 1. The predicted molar refractivity (Wildman–Crippen MR) is 274 cm³/mol. The molecule has 0 aromatic carbocycles. The number of carbonyl (C=O) groups excluding carboxylic acids is 6. The van der Waals surface area contributed by atoms with Crippen LogP contribution in [0.5, 0.6) is 0 Å². The van der Waals surface area contributed by atoms with Crippen molar-refractivity contribution in [3.05, 3.63) is 95.9 Å². The summed E-state index contributed by atoms with van der Waals surface area (Å²) in [7, 11) is 6.70. The van der Waals surface area contributed by atoms with Gasteiger partial charge in [-0.1, -0.05) is 25.5 Å². The van der Waals surface area contributed by atoms with Gasteiger partial charge in [-0.05, 0) is 87.0 Å². The van der Waals surface area contributed by atoms with Gasteiger partial charge in [-0.15, -0.1) is 0 Å². The van der Waals surface area contributed by atoms with E-state index in [-0.39, 0.29) is 59.3 Å². The summed E-state index contributed by atoms with van der Waals surface area (Å²) in [4.78, 5) is 82.5. The van der Waals surface area contributed by atoms with Gasteiger partial charge in [0.15, 0.2) is 28.2 Å². The summed E-state index contributed by atoms with van der Waals surface area (Å²) in [6.07, 6.45) is 12.3. The summed E-state index contributed by atoms with van der Waals surface area (Å²) in [6.45, 7) is 6.37. The fraction of sp³-hybridized carbons (Fsp3) is 0.480. The average Bonchev–Trinajstić information content (AvgIpc) is 4.14. The minimum Gasteiger partial charge on any atom is -0.390 e. The average molecular weight is 1030 g/mol. The summed E-state index contributed by atoms with van der Waals surface area (Å²) in [5, 5.41) is 41.6. The van der Waals surface area contributed by atoms with Gasteiger partial charge in [-0.25, -0.2) is 9.37 Å². The number of ketones is 2. The summed E-state index contributed by atoms with van der Waals surface area (Å²) < 4.78 is 23.8. The second-order valence-corrected chi connectivity index (χ2v) is 21.5. The third-order valence-corrected chi connectivity index (χ3v) is 16.9. The molecule has 19 nitrogen and oxygen atoms in total. The van der Waals surface area contributed by atoms with Gasteiger partial charge in [0.1, 0.15) is 22.7 Å². The van der Waals surface area contributed by atoms with E-state index < -0.39 is 57.8 Å². The number of allylic oxidation sites excluding steroid dienone is 4. The Morgan fingerprint density at radius 1 is 0.819 bits per heavy atom. The molecule has 0 unspecified atom stereocenters. The fourth-order valence-electron chi connectivity index (χ4n) is 11.9. The molecule has 0 aliphatic heterocycles. The molecule has 4 aromatic heterocycles. The number of aryl methyl sites for hydroxylation is 4. The van der Waals surface area contributed by atoms with Crippen LogP contribution in [0, 0.1) is 28.6 Å². The number of amides is 4. The lowest BCUT2D eigenvalue weighted by atomic mass is 9.44. The first-order valence-corrected chi connectivity index (χ1v) is 25.4. The first-order valence-electron chi connectivity index (χ1n) is 23.9. The molecule has 8 N–H and O–H groups in total. The third-order valence-electron chi connectivity index (χ3n) is 15.6. The zero-order valence-corrected chi connectivity index (χ0v) is 42.9. The summed E-state index contributed by atoms with van der Waals surface area (Å²) >= 11 is 6.77. The number of rotatable bonds is 16. The van der Waals surface area contributed by atoms with E-state index >= 15 is 4.39 Å². The smallest absolute Gasteiger partial charge is 0.291 e. The zero-order valence-electron chi connectivity index (χ0n) is 41.3. The van der Waals surface area contributed by atoms with Crippen LogP contribution in [0.4, 0.5) is 21.5 Å². The number of carbonyl (C=O) groups is 6. The van der Waals surface area contributed by atoms with Crippen molar-refractivity contribution < 1.29 is 43.4 Å². The molecule has 8 atom stereocenters. The van der Waals surface area contributed by atoms with E-state index in [1.54, 1.807) is 90.3 Å². The molecule has 4 aliphatic carbocycles. The number of thiocarbonyl (C=S) groups is 1. The maximum absolute atomic E-state index is 17.5. The number of nitrogens with one attached hydrogen (secondary N) is 6. The van der Waals surface area contributed by atoms with Crippen LogP contribution in [0.2, 0.25) is 0 Å². The van der Waals surface area contributed by atoms with Gasteiger partial charge in [-0.2, -0.15) is 11.8 Å². The molecule has 0 bridgehead atoms. The van der Waals surface area contributed by atoms with Gasteiger partial charge in [0.25, 0.3) is 23.6 Å². The molecule has 22 heteroatoms. The number of aliphatic hydroxyl groups is 2. The second kappa shape index (κ2) is 19.9. The van der Waals surface area contributed by atoms with E-state index in [2.05, 4.69) is 36.9 Å². The minimum atomic E-state index is -2.04. The number of hydrogen-bond acceptors (Lipinski definition) is 11. The lowest BCUT2D eigenvalue weighted by molar-refractivity contribution is -0.218. The lowest BCUT2D eigenvalue weighted by Gasteiger charge is -2.62. The maximum atomic E-state index is 17.5. The van der Waals surface area contributed by atoms with Gasteiger partial charge in [-0.3, -0.25) is 28.8 Å². The van der Waals surface area contributed by atoms with Crippen LogP contribution >= 0.6 is 24.0 Å². The number of Topliss-reactive ketones (excluding diaryl/α,β-unsaturated/α-hetero) is 1. The van der Waals surface area contributed by atoms with Crippen LogP contribution < -0.4 is 31.9 Å². The highest BCUT2D eigenvalue weighted by atomic mass is 32.2. The largest absolute Gasteiger partial charge is 0.390 e. The molecule has 0 saturated heterocycles. The number of alkyl halides is 1. The number of aliphatic hydroxyl groups excluding tert-OH is 1. The van der Waals surface area contributed by atoms with Crippen LogP contribution in [0.1, 0.15) is 88.5 Å². The highest BCUT2D eigenvalue weighted by Crippen LogP contribution is 2.70. The van der Waals surface area contributed by atoms with E-state index in [0.717, 1.165) is 0 Å². The Kier molecular flexibility index (Phi) is 14.4. The van der Waals surface area contributed by atoms with Crippen LogP contribution in [-0.2, 0) is 37.8 Å². The van der Waals surface area contributed by atoms with Gasteiger partial charge in [0.05, 0.1) is 28.9 Å². The monoisotopic (exact) mass is 1030 g/mol. The van der Waals surface area contributed by atoms with Gasteiger partial charge < -0.3 is 60.4 Å². The Hall–Kier alpha value is -6.36. The zero-order chi connectivity index (χ0) is 52.1. The van der Waals surface area contributed by atoms with E-state index in [1.165, 1.54) is 42.2 Å². The van der Waals surface area contributed by atoms with Crippen molar-refractivity contribution in [3.63, 3.8) is 0 Å². The molecule has 4 aromatic rings. The number of anilines is 3. The van der Waals surface area contributed by atoms with E-state index in [9.17, 15) is 39.0 Å². The topological polar surface area (TPSA) is 248 Å². The molecule has 8 rings (SSSR count). The van der Waals surface area contributed by atoms with Crippen molar-refractivity contribution >= 4 is 81.3 Å². The molecule has 0 radical (unpaired) electrons. The standard InChI is InChI=1S/C50H62FN11O8S2/c1-28-18-35-34-9-8-29-19-33(63)10-11-47(29,2)49(34,51)39(64)23-48(35,3)50(28,70)40(65)27-72-17-15-55-46(71)54-13-12-53-42(66)36-20-30(24-60(36)5)56-43(67)37-21-31(25-61(37)6)57-44(68)38-22-32(26-62(38)7)58-45(69)41-52-14-16-59(41)4/h10-11,14,16,19-22,24-26,28,34-35,39,64,70H,8-9,12-13,15,17-18,23,27H2,1-7H3,(H,53,66)(H,56,67)(H,57,68)(H,58,69)(H2,54,55,71)/t28-,34+,35+,39+,47+,48+,49+,50+/m0/s1. The molecular weight excluding hydrogens is 966 g/mol. The molecule has 72 heavy (non-hydrogen) atoms. The first-order chi connectivity index (χ1) is 34.0. The number of aromatic nitrogens is 5. The summed E-state index contributed by atoms with van der Waals surface area (Å²) in [5.41, 5.74) is -3.35. The van der Waals surface area contributed by atoms with E-state index in [1.807, 2.05) is 13.8 Å². The van der Waals surface area contributed by atoms with Gasteiger partial charge in [0.2, 0.25) is 0 Å². The maximum Gasteiger partial charge on any atom is 0.291 e. The van der Waals surface area contributed by atoms with Crippen molar-refractivity contribution in [2.45, 2.75) is 63.8 Å². The highest BCUT2D eigenvalue weighted by Gasteiger charge is 2.75. The highest BCUT2D eigenvalue weighted by molar-refractivity contribution is 8.00. The Balaban J connectivity index is 0.746. The van der Waals surface area contributed by atoms with E-state index in [0.29, 0.717) is 71.5 Å². The number of thioether (sulfide) groups is 1. The first kappa shape index (κ1) is 52.0. The lowest BCUT2D eigenvalue weighted by Crippen LogP contribution is -2.69. The molecule has 3 saturated carbocycles. The van der Waals surface area contributed by atoms with Crippen LogP contribution in [0.25, 0.3) is 0 Å². The quantitative estimate of drug-likeness (QED) is 0.0584. The van der Waals surface area contributed by atoms with Crippen molar-refractivity contribution in [3.8, 4) is 0 Å². The third kappa shape index (κ3) is 9.21. The number of nitrogens with zero attached hydrogens (tertiary/aromatic N) is 5. The van der Waals surface area contributed by atoms with Gasteiger partial charge >= 0.3 is 0 Å². The molecule has 4 amide bonds. The molecule has 0 spiro atoms.